The van der Waals surface area contributed by atoms with Crippen LogP contribution in [0.2, 0.25) is 0 Å². The zero-order valence-electron chi connectivity index (χ0n) is 8.61. The molecule has 0 atom stereocenters. The van der Waals surface area contributed by atoms with E-state index in [0.29, 0.717) is 22.6 Å². The molecule has 1 aromatic rings. The number of aromatic nitrogens is 1. The topological polar surface area (TPSA) is 69.1 Å². The van der Waals surface area contributed by atoms with E-state index in [4.69, 9.17) is 10.2 Å². The third kappa shape index (κ3) is 1.52. The Bertz CT molecular complexity index is 751. The first-order valence-electron chi connectivity index (χ1n) is 4.93. The lowest BCUT2D eigenvalue weighted by molar-refractivity contribution is 0.595. The van der Waals surface area contributed by atoms with Gasteiger partial charge in [-0.15, -0.1) is 0 Å². The summed E-state index contributed by atoms with van der Waals surface area (Å²) < 4.78 is 18.4. The number of fused-ring (bicyclic) bond motifs is 2. The summed E-state index contributed by atoms with van der Waals surface area (Å²) in [5.41, 5.74) is 6.56. The Morgan fingerprint density at radius 3 is 2.88 bits per heavy atom. The molecule has 1 aliphatic heterocycles. The summed E-state index contributed by atoms with van der Waals surface area (Å²) >= 11 is 0. The van der Waals surface area contributed by atoms with Crippen LogP contribution in [-0.2, 0) is 0 Å². The Kier molecular flexibility index (Phi) is 1.89. The van der Waals surface area contributed by atoms with E-state index in [1.165, 1.54) is 30.3 Å². The number of halogens is 1. The molecule has 5 heteroatoms. The van der Waals surface area contributed by atoms with Gasteiger partial charge in [-0.25, -0.2) is 9.37 Å². The predicted octanol–water partition coefficient (Wildman–Crippen LogP) is 2.01. The van der Waals surface area contributed by atoms with E-state index in [0.717, 1.165) is 0 Å². The van der Waals surface area contributed by atoms with Gasteiger partial charge in [-0.1, -0.05) is 0 Å². The summed E-state index contributed by atoms with van der Waals surface area (Å²) in [6.45, 7) is 0. The van der Waals surface area contributed by atoms with Crippen LogP contribution >= 0.6 is 0 Å². The van der Waals surface area contributed by atoms with Gasteiger partial charge in [-0.2, -0.15) is 0 Å². The standard InChI is InChI=1S/C12H7FN2O2/c13-6-1-2-8-11(3-6)17-12-5-10(16)7(14)4-9(12)15-8/h1-5H,14H2. The van der Waals surface area contributed by atoms with Crippen LogP contribution in [-0.4, -0.2) is 4.98 Å². The second kappa shape index (κ2) is 3.28. The fourth-order valence-electron chi connectivity index (χ4n) is 1.65. The lowest BCUT2D eigenvalue weighted by Gasteiger charge is -2.06. The van der Waals surface area contributed by atoms with E-state index in [1.807, 2.05) is 0 Å². The number of hydrogen-bond acceptors (Lipinski definition) is 4. The van der Waals surface area contributed by atoms with E-state index in [1.54, 1.807) is 0 Å². The van der Waals surface area contributed by atoms with Crippen LogP contribution in [0.5, 0.6) is 0 Å². The zero-order chi connectivity index (χ0) is 12.0. The van der Waals surface area contributed by atoms with Gasteiger partial charge in [-0.05, 0) is 18.2 Å². The minimum absolute atomic E-state index is 0.113. The average Bonchev–Trinajstić information content (AvgIpc) is 2.28. The number of nitrogens with zero attached hydrogens (tertiary/aromatic N) is 1. The highest BCUT2D eigenvalue weighted by Gasteiger charge is 2.11. The normalized spacial score (nSPS) is 11.1. The van der Waals surface area contributed by atoms with Gasteiger partial charge >= 0.3 is 0 Å². The monoisotopic (exact) mass is 230 g/mol. The summed E-state index contributed by atoms with van der Waals surface area (Å²) in [5, 5.41) is 0. The molecule has 2 N–H and O–H groups in total. The van der Waals surface area contributed by atoms with Crippen LogP contribution in [0, 0.1) is 5.82 Å². The van der Waals surface area contributed by atoms with E-state index in [-0.39, 0.29) is 11.1 Å². The van der Waals surface area contributed by atoms with Crippen molar-refractivity contribution >= 4 is 16.8 Å². The maximum atomic E-state index is 13.0. The molecule has 3 rings (SSSR count). The SMILES string of the molecule is Nc1cc2nc3ccc(F)cc3oc-2cc1=O. The van der Waals surface area contributed by atoms with Crippen molar-refractivity contribution in [3.05, 3.63) is 46.4 Å². The molecule has 0 radical (unpaired) electrons. The molecule has 0 unspecified atom stereocenters. The Labute approximate surface area is 94.8 Å². The number of nitrogens with two attached hydrogens (primary N) is 1. The first-order chi connectivity index (χ1) is 8.13. The lowest BCUT2D eigenvalue weighted by Crippen LogP contribution is -2.08. The smallest absolute Gasteiger partial charge is 0.205 e. The van der Waals surface area contributed by atoms with Gasteiger partial charge in [0.05, 0.1) is 5.69 Å². The molecule has 0 aromatic heterocycles. The molecule has 4 nitrogen and oxygen atoms in total. The van der Waals surface area contributed by atoms with E-state index < -0.39 is 5.82 Å². The number of hydrogen-bond donors (Lipinski definition) is 1. The maximum absolute atomic E-state index is 13.0. The lowest BCUT2D eigenvalue weighted by atomic mass is 10.2. The molecular weight excluding hydrogens is 223 g/mol. The summed E-state index contributed by atoms with van der Waals surface area (Å²) in [5.74, 6) is -0.123. The number of anilines is 1. The Balaban J connectivity index is 2.45. The molecule has 2 aliphatic rings. The molecule has 0 amide bonds. The van der Waals surface area contributed by atoms with Crippen LogP contribution in [0.15, 0.2) is 39.5 Å². The van der Waals surface area contributed by atoms with Crippen molar-refractivity contribution < 1.29 is 8.81 Å². The fraction of sp³-hybridized carbons (Fsp3) is 0. The van der Waals surface area contributed by atoms with Crippen LogP contribution < -0.4 is 11.2 Å². The van der Waals surface area contributed by atoms with Crippen molar-refractivity contribution in [3.63, 3.8) is 0 Å². The highest BCUT2D eigenvalue weighted by atomic mass is 19.1. The van der Waals surface area contributed by atoms with Crippen molar-refractivity contribution in [2.24, 2.45) is 0 Å². The third-order valence-corrected chi connectivity index (χ3v) is 2.47. The average molecular weight is 230 g/mol. The summed E-state index contributed by atoms with van der Waals surface area (Å²) in [6, 6.07) is 6.73. The van der Waals surface area contributed by atoms with Crippen molar-refractivity contribution in [1.29, 1.82) is 0 Å². The molecule has 0 fully saturated rings. The number of nitrogen functional groups attached to an aromatic ring is 1. The largest absolute Gasteiger partial charge is 0.453 e. The highest BCUT2D eigenvalue weighted by Crippen LogP contribution is 2.25. The summed E-state index contributed by atoms with van der Waals surface area (Å²) in [7, 11) is 0. The summed E-state index contributed by atoms with van der Waals surface area (Å²) in [4.78, 5) is 15.6. The predicted molar refractivity (Wildman–Crippen MR) is 61.3 cm³/mol. The molecule has 1 aromatic carbocycles. The van der Waals surface area contributed by atoms with E-state index in [2.05, 4.69) is 4.98 Å². The van der Waals surface area contributed by atoms with E-state index >= 15 is 0 Å². The third-order valence-electron chi connectivity index (χ3n) is 2.47. The molecule has 0 saturated carbocycles. The van der Waals surface area contributed by atoms with Gasteiger partial charge in [0.25, 0.3) is 0 Å². The van der Waals surface area contributed by atoms with Crippen molar-refractivity contribution in [2.75, 3.05) is 5.73 Å². The van der Waals surface area contributed by atoms with E-state index in [9.17, 15) is 9.18 Å². The van der Waals surface area contributed by atoms with Crippen molar-refractivity contribution in [3.8, 4) is 11.5 Å². The van der Waals surface area contributed by atoms with Gasteiger partial charge in [0.2, 0.25) is 5.43 Å². The zero-order valence-corrected chi connectivity index (χ0v) is 8.61. The van der Waals surface area contributed by atoms with Crippen LogP contribution in [0.4, 0.5) is 10.1 Å². The molecule has 0 saturated heterocycles. The molecule has 1 aliphatic carbocycles. The van der Waals surface area contributed by atoms with Crippen molar-refractivity contribution in [1.82, 2.24) is 4.98 Å². The minimum Gasteiger partial charge on any atom is -0.453 e. The Morgan fingerprint density at radius 2 is 2.06 bits per heavy atom. The van der Waals surface area contributed by atoms with Gasteiger partial charge in [0.15, 0.2) is 11.3 Å². The quantitative estimate of drug-likeness (QED) is 0.473. The summed E-state index contributed by atoms with van der Waals surface area (Å²) in [6.07, 6.45) is 0. The van der Waals surface area contributed by atoms with Crippen molar-refractivity contribution in [2.45, 2.75) is 0 Å². The highest BCUT2D eigenvalue weighted by molar-refractivity contribution is 5.77. The second-order valence-corrected chi connectivity index (χ2v) is 3.68. The number of rotatable bonds is 0. The molecule has 17 heavy (non-hydrogen) atoms. The minimum atomic E-state index is -0.416. The first-order valence-corrected chi connectivity index (χ1v) is 4.93. The molecule has 1 heterocycles. The Hall–Kier alpha value is -2.43. The van der Waals surface area contributed by atoms with Gasteiger partial charge in [-0.3, -0.25) is 4.79 Å². The Morgan fingerprint density at radius 1 is 1.24 bits per heavy atom. The fourth-order valence-corrected chi connectivity index (χ4v) is 1.65. The van der Waals surface area contributed by atoms with Gasteiger partial charge in [0.1, 0.15) is 17.0 Å². The van der Waals surface area contributed by atoms with Crippen LogP contribution in [0.1, 0.15) is 0 Å². The van der Waals surface area contributed by atoms with Gasteiger partial charge in [0, 0.05) is 12.1 Å². The molecule has 0 spiro atoms. The van der Waals surface area contributed by atoms with Crippen LogP contribution in [0.25, 0.3) is 22.6 Å². The van der Waals surface area contributed by atoms with Crippen LogP contribution in [0.3, 0.4) is 0 Å². The second-order valence-electron chi connectivity index (χ2n) is 3.68. The molecule has 84 valence electrons. The molecule has 0 bridgehead atoms. The maximum Gasteiger partial charge on any atom is 0.205 e. The van der Waals surface area contributed by atoms with Gasteiger partial charge < -0.3 is 10.2 Å². The number of benzene rings is 2. The molecular formula is C12H7FN2O2. The first kappa shape index (κ1) is 9.77.